The van der Waals surface area contributed by atoms with Gasteiger partial charge >= 0.3 is 0 Å². The molecule has 0 atom stereocenters. The number of rotatable bonds is 4. The van der Waals surface area contributed by atoms with E-state index in [1.54, 1.807) is 12.1 Å². The maximum absolute atomic E-state index is 12.5. The lowest BCUT2D eigenvalue weighted by molar-refractivity contribution is -0.114. The molecule has 2 aromatic carbocycles. The molecule has 0 aliphatic carbocycles. The van der Waals surface area contributed by atoms with Crippen LogP contribution in [0.5, 0.6) is 0 Å². The van der Waals surface area contributed by atoms with Gasteiger partial charge in [-0.2, -0.15) is 0 Å². The molecule has 8 heteroatoms. The summed E-state index contributed by atoms with van der Waals surface area (Å²) < 4.78 is 0. The normalized spacial score (nSPS) is 10.6. The van der Waals surface area contributed by atoms with E-state index in [0.29, 0.717) is 10.6 Å². The quantitative estimate of drug-likeness (QED) is 0.551. The zero-order chi connectivity index (χ0) is 19.5. The molecule has 0 aliphatic rings. The molecule has 0 aliphatic heterocycles. The van der Waals surface area contributed by atoms with Crippen molar-refractivity contribution in [1.82, 2.24) is 15.0 Å². The fourth-order valence-corrected chi connectivity index (χ4v) is 3.33. The van der Waals surface area contributed by atoms with Gasteiger partial charge in [0, 0.05) is 23.6 Å². The molecule has 2 heterocycles. The summed E-state index contributed by atoms with van der Waals surface area (Å²) in [6.07, 6.45) is 1.45. The zero-order valence-electron chi connectivity index (χ0n) is 14.8. The van der Waals surface area contributed by atoms with Crippen LogP contribution in [0, 0.1) is 0 Å². The SMILES string of the molecule is CC(=O)Nc1ccc(-c2csc(NC(=O)c3cnc4ccccc4n3)n2)cc1. The van der Waals surface area contributed by atoms with Crippen LogP contribution < -0.4 is 10.6 Å². The summed E-state index contributed by atoms with van der Waals surface area (Å²) in [6.45, 7) is 1.46. The predicted molar refractivity (Wildman–Crippen MR) is 109 cm³/mol. The van der Waals surface area contributed by atoms with Crippen LogP contribution in [0.1, 0.15) is 17.4 Å². The van der Waals surface area contributed by atoms with E-state index in [1.807, 2.05) is 41.8 Å². The highest BCUT2D eigenvalue weighted by Crippen LogP contribution is 2.26. The lowest BCUT2D eigenvalue weighted by Crippen LogP contribution is -2.14. The van der Waals surface area contributed by atoms with Gasteiger partial charge < -0.3 is 5.32 Å². The van der Waals surface area contributed by atoms with Crippen molar-refractivity contribution >= 4 is 45.0 Å². The van der Waals surface area contributed by atoms with Gasteiger partial charge in [-0.1, -0.05) is 24.3 Å². The number of amides is 2. The van der Waals surface area contributed by atoms with Crippen LogP contribution in [0.15, 0.2) is 60.1 Å². The average molecular weight is 389 g/mol. The van der Waals surface area contributed by atoms with Gasteiger partial charge in [0.25, 0.3) is 5.91 Å². The van der Waals surface area contributed by atoms with Gasteiger partial charge in [0.05, 0.1) is 22.9 Å². The molecule has 0 radical (unpaired) electrons. The summed E-state index contributed by atoms with van der Waals surface area (Å²) in [5.41, 5.74) is 3.97. The molecule has 2 aromatic heterocycles. The van der Waals surface area contributed by atoms with Crippen LogP contribution in [0.2, 0.25) is 0 Å². The standard InChI is InChI=1S/C20H15N5O2S/c1-12(26)22-14-8-6-13(7-9-14)18-11-28-20(24-18)25-19(27)17-10-21-15-4-2-3-5-16(15)23-17/h2-11H,1H3,(H,22,26)(H,24,25,27). The Labute approximate surface area is 164 Å². The highest BCUT2D eigenvalue weighted by Gasteiger charge is 2.12. The summed E-state index contributed by atoms with van der Waals surface area (Å²) in [5, 5.41) is 7.81. The summed E-state index contributed by atoms with van der Waals surface area (Å²) in [6, 6.07) is 14.7. The second-order valence-corrected chi connectivity index (χ2v) is 6.85. The van der Waals surface area contributed by atoms with Crippen LogP contribution in [0.3, 0.4) is 0 Å². The average Bonchev–Trinajstić information content (AvgIpc) is 3.16. The Bertz CT molecular complexity index is 1170. The number of fused-ring (bicyclic) bond motifs is 1. The zero-order valence-corrected chi connectivity index (χ0v) is 15.7. The molecule has 28 heavy (non-hydrogen) atoms. The first-order chi connectivity index (χ1) is 13.6. The maximum Gasteiger partial charge on any atom is 0.277 e. The van der Waals surface area contributed by atoms with Gasteiger partial charge in [0.2, 0.25) is 5.91 Å². The molecule has 0 saturated heterocycles. The number of nitrogens with zero attached hydrogens (tertiary/aromatic N) is 3. The van der Waals surface area contributed by atoms with Crippen LogP contribution in [-0.4, -0.2) is 26.8 Å². The fraction of sp³-hybridized carbons (Fsp3) is 0.0500. The first kappa shape index (κ1) is 17.7. The number of aromatic nitrogens is 3. The molecule has 0 spiro atoms. The molecule has 0 bridgehead atoms. The van der Waals surface area contributed by atoms with Crippen LogP contribution in [0.4, 0.5) is 10.8 Å². The molecule has 7 nitrogen and oxygen atoms in total. The minimum atomic E-state index is -0.361. The molecule has 2 N–H and O–H groups in total. The molecular weight excluding hydrogens is 374 g/mol. The number of anilines is 2. The molecule has 4 aromatic rings. The highest BCUT2D eigenvalue weighted by molar-refractivity contribution is 7.14. The molecule has 0 fully saturated rings. The monoisotopic (exact) mass is 389 g/mol. The largest absolute Gasteiger partial charge is 0.326 e. The number of hydrogen-bond donors (Lipinski definition) is 2. The number of hydrogen-bond acceptors (Lipinski definition) is 6. The third-order valence-electron chi connectivity index (χ3n) is 3.91. The number of benzene rings is 2. The number of carbonyl (C=O) groups excluding carboxylic acids is 2. The van der Waals surface area contributed by atoms with E-state index < -0.39 is 0 Å². The van der Waals surface area contributed by atoms with E-state index in [2.05, 4.69) is 25.6 Å². The lowest BCUT2D eigenvalue weighted by atomic mass is 10.1. The minimum Gasteiger partial charge on any atom is -0.326 e. The van der Waals surface area contributed by atoms with Crippen molar-refractivity contribution in [3.05, 3.63) is 65.8 Å². The number of para-hydroxylation sites is 2. The summed E-state index contributed by atoms with van der Waals surface area (Å²) in [7, 11) is 0. The lowest BCUT2D eigenvalue weighted by Gasteiger charge is -2.03. The van der Waals surface area contributed by atoms with Gasteiger partial charge in [-0.25, -0.2) is 9.97 Å². The smallest absolute Gasteiger partial charge is 0.277 e. The Hall–Kier alpha value is -3.65. The minimum absolute atomic E-state index is 0.122. The van der Waals surface area contributed by atoms with Crippen molar-refractivity contribution in [3.63, 3.8) is 0 Å². The second kappa shape index (κ2) is 7.53. The Morgan fingerprint density at radius 2 is 1.68 bits per heavy atom. The molecule has 2 amide bonds. The van der Waals surface area contributed by atoms with Crippen molar-refractivity contribution in [3.8, 4) is 11.3 Å². The first-order valence-corrected chi connectivity index (χ1v) is 9.33. The van der Waals surface area contributed by atoms with Crippen molar-refractivity contribution in [2.24, 2.45) is 0 Å². The van der Waals surface area contributed by atoms with E-state index >= 15 is 0 Å². The summed E-state index contributed by atoms with van der Waals surface area (Å²) in [5.74, 6) is -0.483. The first-order valence-electron chi connectivity index (χ1n) is 8.45. The summed E-state index contributed by atoms with van der Waals surface area (Å²) in [4.78, 5) is 36.6. The van der Waals surface area contributed by atoms with E-state index in [4.69, 9.17) is 0 Å². The highest BCUT2D eigenvalue weighted by atomic mass is 32.1. The second-order valence-electron chi connectivity index (χ2n) is 5.99. The Morgan fingerprint density at radius 3 is 2.43 bits per heavy atom. The van der Waals surface area contributed by atoms with Gasteiger partial charge in [-0.05, 0) is 24.3 Å². The molecule has 0 unspecified atom stereocenters. The topological polar surface area (TPSA) is 96.9 Å². The number of nitrogens with one attached hydrogen (secondary N) is 2. The molecular formula is C20H15N5O2S. The fourth-order valence-electron chi connectivity index (χ4n) is 2.62. The van der Waals surface area contributed by atoms with Gasteiger partial charge in [0.1, 0.15) is 5.69 Å². The maximum atomic E-state index is 12.5. The van der Waals surface area contributed by atoms with Crippen molar-refractivity contribution < 1.29 is 9.59 Å². The third kappa shape index (κ3) is 3.86. The predicted octanol–water partition coefficient (Wildman–Crippen LogP) is 3.96. The van der Waals surface area contributed by atoms with E-state index in [-0.39, 0.29) is 17.5 Å². The van der Waals surface area contributed by atoms with Crippen LogP contribution in [0.25, 0.3) is 22.3 Å². The van der Waals surface area contributed by atoms with Crippen molar-refractivity contribution in [1.29, 1.82) is 0 Å². The van der Waals surface area contributed by atoms with Gasteiger partial charge in [-0.15, -0.1) is 11.3 Å². The molecule has 138 valence electrons. The third-order valence-corrected chi connectivity index (χ3v) is 4.66. The van der Waals surface area contributed by atoms with Crippen LogP contribution in [-0.2, 0) is 4.79 Å². The van der Waals surface area contributed by atoms with E-state index in [0.717, 1.165) is 22.5 Å². The number of carbonyl (C=O) groups is 2. The van der Waals surface area contributed by atoms with Gasteiger partial charge in [0.15, 0.2) is 5.13 Å². The van der Waals surface area contributed by atoms with Crippen molar-refractivity contribution in [2.75, 3.05) is 10.6 Å². The summed E-state index contributed by atoms with van der Waals surface area (Å²) >= 11 is 1.32. The molecule has 0 saturated carbocycles. The Morgan fingerprint density at radius 1 is 0.929 bits per heavy atom. The Balaban J connectivity index is 1.49. The van der Waals surface area contributed by atoms with Gasteiger partial charge in [-0.3, -0.25) is 19.9 Å². The van der Waals surface area contributed by atoms with E-state index in [9.17, 15) is 9.59 Å². The number of thiazole rings is 1. The van der Waals surface area contributed by atoms with E-state index in [1.165, 1.54) is 24.5 Å². The molecule has 4 rings (SSSR count). The Kier molecular flexibility index (Phi) is 4.77. The van der Waals surface area contributed by atoms with Crippen LogP contribution >= 0.6 is 11.3 Å². The van der Waals surface area contributed by atoms with Crippen molar-refractivity contribution in [2.45, 2.75) is 6.92 Å².